The molecule has 7 aromatic rings. The highest BCUT2D eigenvalue weighted by Crippen LogP contribution is 2.34. The molecule has 0 fully saturated rings. The molecule has 0 bridgehead atoms. The molecule has 0 unspecified atom stereocenters. The number of nitrogens with zero attached hydrogens (tertiary/aromatic N) is 1. The van der Waals surface area contributed by atoms with Gasteiger partial charge in [-0.3, -0.25) is 0 Å². The lowest BCUT2D eigenvalue weighted by atomic mass is 10.1. The smallest absolute Gasteiger partial charge is 0.187 e. The predicted molar refractivity (Wildman–Crippen MR) is 175 cm³/mol. The highest BCUT2D eigenvalue weighted by molar-refractivity contribution is 7.30. The number of hydrogen-bond donors (Lipinski definition) is 0. The second kappa shape index (κ2) is 10.1. The van der Waals surface area contributed by atoms with Crippen molar-refractivity contribution in [2.75, 3.05) is 0 Å². The summed E-state index contributed by atoms with van der Waals surface area (Å²) in [7, 11) is -2.76. The molecule has 0 atom stereocenters. The zero-order chi connectivity index (χ0) is 26.9. The first-order valence-electron chi connectivity index (χ1n) is 13.4. The molecule has 40 heavy (non-hydrogen) atoms. The normalized spacial score (nSPS) is 11.5. The molecular formula is C37H25NSSi. The van der Waals surface area contributed by atoms with Crippen LogP contribution in [-0.4, -0.2) is 8.07 Å². The van der Waals surface area contributed by atoms with E-state index >= 15 is 0 Å². The predicted octanol–water partition coefficient (Wildman–Crippen LogP) is 7.65. The molecule has 0 N–H and O–H groups in total. The maximum Gasteiger partial charge on any atom is 0.187 e. The largest absolute Gasteiger partial charge is 0.238 e. The van der Waals surface area contributed by atoms with Crippen molar-refractivity contribution in [3.63, 3.8) is 0 Å². The maximum atomic E-state index is 7.54. The Balaban J connectivity index is 1.62. The molecule has 1 aromatic heterocycles. The molecule has 1 nitrogen and oxygen atoms in total. The van der Waals surface area contributed by atoms with Crippen LogP contribution in [0.1, 0.15) is 0 Å². The van der Waals surface area contributed by atoms with E-state index < -0.39 is 8.07 Å². The van der Waals surface area contributed by atoms with Crippen molar-refractivity contribution >= 4 is 66.0 Å². The van der Waals surface area contributed by atoms with Crippen LogP contribution in [0.2, 0.25) is 0 Å². The van der Waals surface area contributed by atoms with E-state index in [0.29, 0.717) is 5.69 Å². The Morgan fingerprint density at radius 2 is 1.07 bits per heavy atom. The first-order chi connectivity index (χ1) is 19.8. The second-order valence-corrected chi connectivity index (χ2v) is 14.8. The van der Waals surface area contributed by atoms with Gasteiger partial charge in [0.05, 0.1) is 6.57 Å². The van der Waals surface area contributed by atoms with Gasteiger partial charge < -0.3 is 0 Å². The van der Waals surface area contributed by atoms with E-state index in [-0.39, 0.29) is 0 Å². The van der Waals surface area contributed by atoms with E-state index in [4.69, 9.17) is 6.57 Å². The Hall–Kier alpha value is -4.75. The molecule has 0 aliphatic carbocycles. The van der Waals surface area contributed by atoms with E-state index in [9.17, 15) is 0 Å². The van der Waals surface area contributed by atoms with Crippen LogP contribution in [0.5, 0.6) is 0 Å². The summed E-state index contributed by atoms with van der Waals surface area (Å²) in [5.74, 6) is 0. The average molecular weight is 544 g/mol. The van der Waals surface area contributed by atoms with Crippen LogP contribution in [0.4, 0.5) is 5.69 Å². The summed E-state index contributed by atoms with van der Waals surface area (Å²) in [6.07, 6.45) is 0. The molecule has 0 saturated heterocycles. The van der Waals surface area contributed by atoms with Gasteiger partial charge in [0.15, 0.2) is 13.8 Å². The van der Waals surface area contributed by atoms with Crippen molar-refractivity contribution in [2.45, 2.75) is 0 Å². The summed E-state index contributed by atoms with van der Waals surface area (Å²) in [6.45, 7) is 7.54. The lowest BCUT2D eigenvalue weighted by Gasteiger charge is -2.35. The minimum atomic E-state index is -2.76. The number of thiophene rings is 1. The summed E-state index contributed by atoms with van der Waals surface area (Å²) < 4.78 is 2.68. The first kappa shape index (κ1) is 24.3. The van der Waals surface area contributed by atoms with Crippen molar-refractivity contribution in [1.82, 2.24) is 0 Å². The summed E-state index contributed by atoms with van der Waals surface area (Å²) in [5, 5.41) is 8.11. The molecule has 188 valence electrons. The van der Waals surface area contributed by atoms with Gasteiger partial charge >= 0.3 is 0 Å². The molecule has 0 aliphatic heterocycles. The van der Waals surface area contributed by atoms with Gasteiger partial charge in [-0.2, -0.15) is 0 Å². The van der Waals surface area contributed by atoms with Crippen LogP contribution in [0.15, 0.2) is 152 Å². The van der Waals surface area contributed by atoms with Gasteiger partial charge in [0.25, 0.3) is 0 Å². The Labute approximate surface area is 239 Å². The molecule has 0 spiro atoms. The fraction of sp³-hybridized carbons (Fsp3) is 0. The molecule has 0 radical (unpaired) electrons. The van der Waals surface area contributed by atoms with Crippen molar-refractivity contribution in [1.29, 1.82) is 0 Å². The average Bonchev–Trinajstić information content (AvgIpc) is 3.42. The van der Waals surface area contributed by atoms with Gasteiger partial charge in [0.1, 0.15) is 0 Å². The van der Waals surface area contributed by atoms with Crippen LogP contribution < -0.4 is 20.7 Å². The quantitative estimate of drug-likeness (QED) is 0.119. The summed E-state index contributed by atoms with van der Waals surface area (Å²) in [5.41, 5.74) is 2.86. The molecule has 6 aromatic carbocycles. The number of hydrogen-bond acceptors (Lipinski definition) is 1. The summed E-state index contributed by atoms with van der Waals surface area (Å²) >= 11 is 1.91. The molecule has 0 saturated carbocycles. The number of fused-ring (bicyclic) bond motifs is 3. The van der Waals surface area contributed by atoms with Gasteiger partial charge in [0.2, 0.25) is 0 Å². The van der Waals surface area contributed by atoms with E-state index in [1.54, 1.807) is 0 Å². The molecule has 0 aliphatic rings. The minimum Gasteiger partial charge on any atom is -0.238 e. The third-order valence-corrected chi connectivity index (χ3v) is 14.0. The van der Waals surface area contributed by atoms with E-state index in [1.807, 2.05) is 29.5 Å². The topological polar surface area (TPSA) is 4.36 Å². The van der Waals surface area contributed by atoms with E-state index in [1.165, 1.54) is 40.9 Å². The van der Waals surface area contributed by atoms with Gasteiger partial charge in [0, 0.05) is 20.2 Å². The van der Waals surface area contributed by atoms with Gasteiger partial charge in [-0.15, -0.1) is 11.3 Å². The minimum absolute atomic E-state index is 0.660. The van der Waals surface area contributed by atoms with Gasteiger partial charge in [-0.25, -0.2) is 4.85 Å². The van der Waals surface area contributed by atoms with Crippen molar-refractivity contribution < 1.29 is 0 Å². The van der Waals surface area contributed by atoms with Crippen molar-refractivity contribution in [3.8, 4) is 11.1 Å². The third-order valence-electron chi connectivity index (χ3n) is 7.83. The Kier molecular flexibility index (Phi) is 6.13. The van der Waals surface area contributed by atoms with Crippen LogP contribution >= 0.6 is 11.3 Å². The Morgan fingerprint density at radius 1 is 0.500 bits per heavy atom. The SMILES string of the molecule is [C-]#[N+]c1cccc(-c2cccc([Si](c3ccccc3)(c3ccccc3)c3cccc4c3sc3ccccc34)c2)c1. The fourth-order valence-corrected chi connectivity index (χ4v) is 12.7. The van der Waals surface area contributed by atoms with Gasteiger partial charge in [-0.05, 0) is 44.0 Å². The Bertz CT molecular complexity index is 1980. The second-order valence-electron chi connectivity index (χ2n) is 10.0. The summed E-state index contributed by atoms with van der Waals surface area (Å²) in [4.78, 5) is 3.69. The molecule has 1 heterocycles. The highest BCUT2D eigenvalue weighted by Gasteiger charge is 2.43. The van der Waals surface area contributed by atoms with Crippen LogP contribution in [0, 0.1) is 6.57 Å². The lowest BCUT2D eigenvalue weighted by molar-refractivity contribution is 1.63. The molecule has 0 amide bonds. The summed E-state index contributed by atoms with van der Waals surface area (Å²) in [6, 6.07) is 54.8. The zero-order valence-corrected chi connectivity index (χ0v) is 23.6. The van der Waals surface area contributed by atoms with Gasteiger partial charge in [-0.1, -0.05) is 140 Å². The van der Waals surface area contributed by atoms with E-state index in [0.717, 1.165) is 11.1 Å². The van der Waals surface area contributed by atoms with Crippen LogP contribution in [-0.2, 0) is 0 Å². The maximum absolute atomic E-state index is 7.54. The zero-order valence-electron chi connectivity index (χ0n) is 21.8. The first-order valence-corrected chi connectivity index (χ1v) is 16.2. The monoisotopic (exact) mass is 543 g/mol. The number of rotatable bonds is 5. The molecule has 7 rings (SSSR count). The Morgan fingerprint density at radius 3 is 1.80 bits per heavy atom. The lowest BCUT2D eigenvalue weighted by Crippen LogP contribution is -2.74. The van der Waals surface area contributed by atoms with Crippen molar-refractivity contribution in [3.05, 3.63) is 163 Å². The third kappa shape index (κ3) is 3.89. The van der Waals surface area contributed by atoms with Crippen LogP contribution in [0.3, 0.4) is 0 Å². The number of benzene rings is 6. The van der Waals surface area contributed by atoms with Crippen LogP contribution in [0.25, 0.3) is 36.1 Å². The van der Waals surface area contributed by atoms with E-state index in [2.05, 4.69) is 138 Å². The standard InChI is InChI=1S/C37H25NSSi/c1-38-29-15-10-13-27(25-29)28-14-11-20-32(26-28)40(30-16-4-2-5-17-30,31-18-6-3-7-19-31)36-24-12-22-34-33-21-8-9-23-35(33)39-37(34)36/h2-26H. The fourth-order valence-electron chi connectivity index (χ4n) is 6.07. The highest BCUT2D eigenvalue weighted by atomic mass is 32.1. The van der Waals surface area contributed by atoms with Crippen molar-refractivity contribution in [2.24, 2.45) is 0 Å². The molecule has 3 heteroatoms. The molecular weight excluding hydrogens is 519 g/mol.